The van der Waals surface area contributed by atoms with Crippen molar-refractivity contribution in [1.29, 1.82) is 0 Å². The molecule has 2 aromatic rings. The maximum atomic E-state index is 13.0. The van der Waals surface area contributed by atoms with E-state index in [1.165, 1.54) is 5.69 Å². The lowest BCUT2D eigenvalue weighted by Gasteiger charge is -2.15. The van der Waals surface area contributed by atoms with Crippen molar-refractivity contribution in [3.05, 3.63) is 45.7 Å². The molecule has 0 saturated carbocycles. The Balaban J connectivity index is 0.00000182. The van der Waals surface area contributed by atoms with Crippen molar-refractivity contribution < 1.29 is 4.79 Å². The van der Waals surface area contributed by atoms with E-state index < -0.39 is 0 Å². The molecule has 1 aliphatic heterocycles. The van der Waals surface area contributed by atoms with Crippen LogP contribution in [0.3, 0.4) is 0 Å². The zero-order valence-corrected chi connectivity index (χ0v) is 16.4. The van der Waals surface area contributed by atoms with Crippen molar-refractivity contribution in [3.63, 3.8) is 0 Å². The number of amides is 1. The van der Waals surface area contributed by atoms with Crippen LogP contribution < -0.4 is 5.73 Å². The number of nitrogens with two attached hydrogens (primary N) is 1. The van der Waals surface area contributed by atoms with E-state index in [9.17, 15) is 4.79 Å². The van der Waals surface area contributed by atoms with Gasteiger partial charge in [0, 0.05) is 28.8 Å². The van der Waals surface area contributed by atoms with Crippen LogP contribution in [-0.2, 0) is 12.8 Å². The van der Waals surface area contributed by atoms with E-state index in [1.807, 2.05) is 33.8 Å². The lowest BCUT2D eigenvalue weighted by molar-refractivity contribution is 0.0780. The van der Waals surface area contributed by atoms with Gasteiger partial charge in [0.25, 0.3) is 5.91 Å². The Morgan fingerprint density at radius 1 is 1.36 bits per heavy atom. The molecule has 134 valence electrons. The van der Waals surface area contributed by atoms with E-state index >= 15 is 0 Å². The number of hydrogen-bond acceptors (Lipinski definition) is 3. The highest BCUT2D eigenvalue weighted by Gasteiger charge is 2.32. The van der Waals surface area contributed by atoms with Gasteiger partial charge in [-0.3, -0.25) is 4.79 Å². The molecule has 1 aromatic heterocycles. The second-order valence-electron chi connectivity index (χ2n) is 6.66. The molecule has 1 aliphatic carbocycles. The molecule has 2 N–H and O–H groups in total. The molecule has 1 saturated heterocycles. The van der Waals surface area contributed by atoms with Crippen LogP contribution in [0.2, 0.25) is 0 Å². The van der Waals surface area contributed by atoms with Gasteiger partial charge in [-0.25, -0.2) is 4.68 Å². The molecule has 1 fully saturated rings. The van der Waals surface area contributed by atoms with Gasteiger partial charge in [-0.15, -0.1) is 12.4 Å². The van der Waals surface area contributed by atoms with Crippen molar-refractivity contribution in [2.24, 2.45) is 11.7 Å². The highest BCUT2D eigenvalue weighted by atomic mass is 79.9. The van der Waals surface area contributed by atoms with Crippen molar-refractivity contribution in [3.8, 4) is 5.69 Å². The Kier molecular flexibility index (Phi) is 5.51. The molecule has 1 atom stereocenters. The number of hydrogen-bond donors (Lipinski definition) is 1. The largest absolute Gasteiger partial charge is 0.337 e. The fourth-order valence-electron chi connectivity index (χ4n) is 3.79. The smallest absolute Gasteiger partial charge is 0.274 e. The predicted octanol–water partition coefficient (Wildman–Crippen LogP) is 2.97. The number of nitrogens with zero attached hydrogens (tertiary/aromatic N) is 3. The van der Waals surface area contributed by atoms with E-state index in [0.29, 0.717) is 18.2 Å². The van der Waals surface area contributed by atoms with Gasteiger partial charge in [0.2, 0.25) is 0 Å². The van der Waals surface area contributed by atoms with E-state index in [-0.39, 0.29) is 18.3 Å². The van der Waals surface area contributed by atoms with Crippen LogP contribution in [-0.4, -0.2) is 40.2 Å². The topological polar surface area (TPSA) is 64.2 Å². The number of halogens is 2. The van der Waals surface area contributed by atoms with Crippen molar-refractivity contribution in [2.45, 2.75) is 25.7 Å². The van der Waals surface area contributed by atoms with Crippen LogP contribution in [0.15, 0.2) is 28.7 Å². The average Bonchev–Trinajstić information content (AvgIpc) is 3.30. The first kappa shape index (κ1) is 18.4. The summed E-state index contributed by atoms with van der Waals surface area (Å²) in [7, 11) is 0. The van der Waals surface area contributed by atoms with Crippen LogP contribution in [0, 0.1) is 5.92 Å². The molecule has 25 heavy (non-hydrogen) atoms. The third-order valence-electron chi connectivity index (χ3n) is 5.09. The molecule has 0 spiro atoms. The van der Waals surface area contributed by atoms with Gasteiger partial charge >= 0.3 is 0 Å². The molecule has 1 amide bonds. The minimum absolute atomic E-state index is 0. The van der Waals surface area contributed by atoms with E-state index in [2.05, 4.69) is 15.9 Å². The molecule has 5 nitrogen and oxygen atoms in total. The molecule has 4 rings (SSSR count). The highest BCUT2D eigenvalue weighted by Crippen LogP contribution is 2.30. The first-order valence-electron chi connectivity index (χ1n) is 8.53. The molecule has 0 bridgehead atoms. The molecule has 2 aliphatic rings. The summed E-state index contributed by atoms with van der Waals surface area (Å²) in [4.78, 5) is 14.9. The van der Waals surface area contributed by atoms with Crippen molar-refractivity contribution in [2.75, 3.05) is 19.6 Å². The minimum Gasteiger partial charge on any atom is -0.337 e. The van der Waals surface area contributed by atoms with Crippen LogP contribution in [0.1, 0.15) is 34.6 Å². The normalized spacial score (nSPS) is 19.0. The van der Waals surface area contributed by atoms with Gasteiger partial charge in [-0.05, 0) is 56.3 Å². The molecule has 1 unspecified atom stereocenters. The lowest BCUT2D eigenvalue weighted by Crippen LogP contribution is -2.30. The van der Waals surface area contributed by atoms with Gasteiger partial charge in [0.05, 0.1) is 5.69 Å². The Bertz CT molecular complexity index is 791. The summed E-state index contributed by atoms with van der Waals surface area (Å²) in [5, 5.41) is 4.71. The molecular formula is C18H22BrClN4O. The number of rotatable bonds is 3. The third kappa shape index (κ3) is 3.35. The first-order valence-corrected chi connectivity index (χ1v) is 9.32. The summed E-state index contributed by atoms with van der Waals surface area (Å²) in [6, 6.07) is 8.07. The summed E-state index contributed by atoms with van der Waals surface area (Å²) in [6.45, 7) is 2.20. The Morgan fingerprint density at radius 3 is 2.92 bits per heavy atom. The fourth-order valence-corrected chi connectivity index (χ4v) is 4.18. The summed E-state index contributed by atoms with van der Waals surface area (Å²) in [6.07, 6.45) is 4.01. The zero-order chi connectivity index (χ0) is 16.7. The standard InChI is InChI=1S/C18H21BrN4O.ClH/c19-13-3-1-4-14(9-13)23-16-6-2-5-15(16)17(21-23)18(24)22-8-7-12(10-20)11-22;/h1,3-4,9,12H,2,5-8,10-11,20H2;1H. The van der Waals surface area contributed by atoms with Crippen LogP contribution in [0.5, 0.6) is 0 Å². The zero-order valence-electron chi connectivity index (χ0n) is 13.9. The number of benzene rings is 1. The van der Waals surface area contributed by atoms with Crippen molar-refractivity contribution >= 4 is 34.2 Å². The van der Waals surface area contributed by atoms with E-state index in [4.69, 9.17) is 10.8 Å². The van der Waals surface area contributed by atoms with Gasteiger partial charge in [-0.2, -0.15) is 5.10 Å². The van der Waals surface area contributed by atoms with Crippen LogP contribution >= 0.6 is 28.3 Å². The Labute approximate surface area is 162 Å². The van der Waals surface area contributed by atoms with Gasteiger partial charge < -0.3 is 10.6 Å². The number of aromatic nitrogens is 2. The van der Waals surface area contributed by atoms with Gasteiger partial charge in [0.15, 0.2) is 5.69 Å². The maximum absolute atomic E-state index is 13.0. The van der Waals surface area contributed by atoms with E-state index in [0.717, 1.165) is 54.5 Å². The summed E-state index contributed by atoms with van der Waals surface area (Å²) in [5.41, 5.74) is 9.72. The van der Waals surface area contributed by atoms with Gasteiger partial charge in [0.1, 0.15) is 0 Å². The monoisotopic (exact) mass is 424 g/mol. The molecular weight excluding hydrogens is 404 g/mol. The number of likely N-dealkylation sites (tertiary alicyclic amines) is 1. The van der Waals surface area contributed by atoms with Crippen LogP contribution in [0.4, 0.5) is 0 Å². The number of fused-ring (bicyclic) bond motifs is 1. The molecule has 7 heteroatoms. The second kappa shape index (κ2) is 7.48. The highest BCUT2D eigenvalue weighted by molar-refractivity contribution is 9.10. The fraction of sp³-hybridized carbons (Fsp3) is 0.444. The summed E-state index contributed by atoms with van der Waals surface area (Å²) in [5.74, 6) is 0.493. The first-order chi connectivity index (χ1) is 11.7. The SMILES string of the molecule is Cl.NCC1CCN(C(=O)c2nn(-c3cccc(Br)c3)c3c2CCC3)C1. The molecule has 0 radical (unpaired) electrons. The molecule has 1 aromatic carbocycles. The average molecular weight is 426 g/mol. The quantitative estimate of drug-likeness (QED) is 0.822. The predicted molar refractivity (Wildman–Crippen MR) is 104 cm³/mol. The molecule has 2 heterocycles. The Morgan fingerprint density at radius 2 is 2.20 bits per heavy atom. The Hall–Kier alpha value is -1.37. The number of carbonyl (C=O) groups is 1. The van der Waals surface area contributed by atoms with Crippen LogP contribution in [0.25, 0.3) is 5.69 Å². The summed E-state index contributed by atoms with van der Waals surface area (Å²) < 4.78 is 2.97. The van der Waals surface area contributed by atoms with E-state index in [1.54, 1.807) is 0 Å². The second-order valence-corrected chi connectivity index (χ2v) is 7.58. The number of carbonyl (C=O) groups excluding carboxylic acids is 1. The summed E-state index contributed by atoms with van der Waals surface area (Å²) >= 11 is 3.52. The lowest BCUT2D eigenvalue weighted by atomic mass is 10.1. The minimum atomic E-state index is 0. The maximum Gasteiger partial charge on any atom is 0.274 e. The third-order valence-corrected chi connectivity index (χ3v) is 5.59. The van der Waals surface area contributed by atoms with Crippen molar-refractivity contribution in [1.82, 2.24) is 14.7 Å². The van der Waals surface area contributed by atoms with Gasteiger partial charge in [-0.1, -0.05) is 22.0 Å².